The fourth-order valence-electron chi connectivity index (χ4n) is 1.61. The van der Waals surface area contributed by atoms with Crippen LogP contribution in [-0.2, 0) is 9.47 Å². The molecular formula is C13H27NO3. The monoisotopic (exact) mass is 245 g/mol. The topological polar surface area (TPSA) is 47.6 Å². The van der Waals surface area contributed by atoms with Crippen LogP contribution < -0.4 is 5.32 Å². The summed E-state index contributed by atoms with van der Waals surface area (Å²) in [6.45, 7) is 10.2. The minimum absolute atomic E-state index is 0.354. The molecule has 0 unspecified atom stereocenters. The molecule has 0 aliphatic carbocycles. The zero-order valence-electron chi connectivity index (χ0n) is 12.1. The highest BCUT2D eigenvalue weighted by atomic mass is 16.6. The Kier molecular flexibility index (Phi) is 6.53. The number of carbonyl (C=O) groups excluding carboxylic acids is 1. The second-order valence-electron chi connectivity index (χ2n) is 5.72. The predicted molar refractivity (Wildman–Crippen MR) is 69.2 cm³/mol. The Bertz CT molecular complexity index is 235. The molecule has 0 aliphatic rings. The van der Waals surface area contributed by atoms with Gasteiger partial charge in [-0.1, -0.05) is 19.8 Å². The van der Waals surface area contributed by atoms with Gasteiger partial charge in [-0.05, 0) is 34.1 Å². The van der Waals surface area contributed by atoms with Gasteiger partial charge in [-0.25, -0.2) is 4.79 Å². The van der Waals surface area contributed by atoms with Crippen molar-refractivity contribution in [2.45, 2.75) is 65.0 Å². The van der Waals surface area contributed by atoms with Crippen molar-refractivity contribution in [1.82, 2.24) is 5.32 Å². The van der Waals surface area contributed by atoms with Gasteiger partial charge in [0.2, 0.25) is 0 Å². The van der Waals surface area contributed by atoms with Gasteiger partial charge in [0.1, 0.15) is 5.60 Å². The molecule has 1 N–H and O–H groups in total. The zero-order valence-corrected chi connectivity index (χ0v) is 12.1. The van der Waals surface area contributed by atoms with Crippen LogP contribution in [0.1, 0.15) is 53.9 Å². The van der Waals surface area contributed by atoms with Crippen molar-refractivity contribution in [3.63, 3.8) is 0 Å². The fraction of sp³-hybridized carbons (Fsp3) is 0.923. The second kappa shape index (κ2) is 6.84. The quantitative estimate of drug-likeness (QED) is 0.782. The van der Waals surface area contributed by atoms with E-state index in [1.165, 1.54) is 0 Å². The molecule has 0 aliphatic heterocycles. The van der Waals surface area contributed by atoms with Crippen molar-refractivity contribution < 1.29 is 14.3 Å². The molecule has 0 aromatic heterocycles. The van der Waals surface area contributed by atoms with E-state index in [4.69, 9.17) is 9.47 Å². The molecule has 4 nitrogen and oxygen atoms in total. The summed E-state index contributed by atoms with van der Waals surface area (Å²) in [5.41, 5.74) is -0.823. The number of alkyl carbamates (subject to hydrolysis) is 1. The maximum atomic E-state index is 11.7. The van der Waals surface area contributed by atoms with Crippen molar-refractivity contribution in [2.75, 3.05) is 13.7 Å². The summed E-state index contributed by atoms with van der Waals surface area (Å²) in [7, 11) is 1.64. The normalized spacial score (nSPS) is 15.2. The number of amides is 1. The SMILES string of the molecule is CCCC[C@](C)(COC)NC(=O)OC(C)(C)C. The number of methoxy groups -OCH3 is 1. The lowest BCUT2D eigenvalue weighted by Gasteiger charge is -2.31. The third-order valence-electron chi connectivity index (χ3n) is 2.35. The molecular weight excluding hydrogens is 218 g/mol. The first kappa shape index (κ1) is 16.2. The Hall–Kier alpha value is -0.770. The molecule has 0 bridgehead atoms. The van der Waals surface area contributed by atoms with E-state index in [2.05, 4.69) is 12.2 Å². The molecule has 0 radical (unpaired) electrons. The lowest BCUT2D eigenvalue weighted by Crippen LogP contribution is -2.50. The minimum atomic E-state index is -0.469. The molecule has 0 spiro atoms. The predicted octanol–water partition coefficient (Wildman–Crippen LogP) is 3.11. The molecule has 1 amide bonds. The molecule has 0 rings (SSSR count). The Morgan fingerprint density at radius 1 is 1.24 bits per heavy atom. The number of hydrogen-bond donors (Lipinski definition) is 1. The van der Waals surface area contributed by atoms with Crippen LogP contribution in [0.4, 0.5) is 4.79 Å². The molecule has 1 atom stereocenters. The Labute approximate surface area is 105 Å². The van der Waals surface area contributed by atoms with Crippen LogP contribution >= 0.6 is 0 Å². The molecule has 0 aromatic rings. The highest BCUT2D eigenvalue weighted by Crippen LogP contribution is 2.16. The van der Waals surface area contributed by atoms with Gasteiger partial charge in [0.05, 0.1) is 12.1 Å². The van der Waals surface area contributed by atoms with E-state index in [0.29, 0.717) is 6.61 Å². The summed E-state index contributed by atoms with van der Waals surface area (Å²) >= 11 is 0. The van der Waals surface area contributed by atoms with Gasteiger partial charge in [0.15, 0.2) is 0 Å². The molecule has 0 saturated heterocycles. The average Bonchev–Trinajstić information content (AvgIpc) is 2.11. The maximum Gasteiger partial charge on any atom is 0.408 e. The summed E-state index contributed by atoms with van der Waals surface area (Å²) in [6, 6.07) is 0. The number of carbonyl (C=O) groups is 1. The first-order valence-electron chi connectivity index (χ1n) is 6.22. The highest BCUT2D eigenvalue weighted by molar-refractivity contribution is 5.68. The molecule has 0 fully saturated rings. The molecule has 102 valence electrons. The lowest BCUT2D eigenvalue weighted by atomic mass is 9.96. The Morgan fingerprint density at radius 2 is 1.82 bits per heavy atom. The lowest BCUT2D eigenvalue weighted by molar-refractivity contribution is 0.0367. The van der Waals surface area contributed by atoms with E-state index in [0.717, 1.165) is 19.3 Å². The number of nitrogens with one attached hydrogen (secondary N) is 1. The van der Waals surface area contributed by atoms with Gasteiger partial charge in [0, 0.05) is 7.11 Å². The van der Waals surface area contributed by atoms with Crippen LogP contribution in [0.3, 0.4) is 0 Å². The van der Waals surface area contributed by atoms with E-state index in [1.807, 2.05) is 27.7 Å². The smallest absolute Gasteiger partial charge is 0.408 e. The van der Waals surface area contributed by atoms with Gasteiger partial charge in [-0.2, -0.15) is 0 Å². The molecule has 0 heterocycles. The van der Waals surface area contributed by atoms with E-state index in [9.17, 15) is 4.79 Å². The van der Waals surface area contributed by atoms with Crippen LogP contribution in [0, 0.1) is 0 Å². The van der Waals surface area contributed by atoms with E-state index < -0.39 is 5.60 Å². The average molecular weight is 245 g/mol. The van der Waals surface area contributed by atoms with Crippen molar-refractivity contribution in [1.29, 1.82) is 0 Å². The molecule has 4 heteroatoms. The van der Waals surface area contributed by atoms with Crippen LogP contribution in [-0.4, -0.2) is 30.9 Å². The third kappa shape index (κ3) is 8.02. The van der Waals surface area contributed by atoms with Gasteiger partial charge < -0.3 is 14.8 Å². The summed E-state index contributed by atoms with van der Waals surface area (Å²) in [5.74, 6) is 0. The minimum Gasteiger partial charge on any atom is -0.444 e. The summed E-state index contributed by atoms with van der Waals surface area (Å²) in [6.07, 6.45) is 2.65. The maximum absolute atomic E-state index is 11.7. The van der Waals surface area contributed by atoms with Crippen molar-refractivity contribution >= 4 is 6.09 Å². The Balaban J connectivity index is 4.37. The molecule has 0 aromatic carbocycles. The summed E-state index contributed by atoms with van der Waals surface area (Å²) in [5, 5.41) is 2.90. The van der Waals surface area contributed by atoms with Gasteiger partial charge in [-0.15, -0.1) is 0 Å². The van der Waals surface area contributed by atoms with Gasteiger partial charge in [0.25, 0.3) is 0 Å². The summed E-state index contributed by atoms with van der Waals surface area (Å²) < 4.78 is 10.4. The number of hydrogen-bond acceptors (Lipinski definition) is 3. The highest BCUT2D eigenvalue weighted by Gasteiger charge is 2.28. The molecule has 0 saturated carbocycles. The van der Waals surface area contributed by atoms with Crippen molar-refractivity contribution in [2.24, 2.45) is 0 Å². The summed E-state index contributed by atoms with van der Waals surface area (Å²) in [4.78, 5) is 11.7. The van der Waals surface area contributed by atoms with Crippen molar-refractivity contribution in [3.05, 3.63) is 0 Å². The number of rotatable bonds is 6. The third-order valence-corrected chi connectivity index (χ3v) is 2.35. The molecule has 17 heavy (non-hydrogen) atoms. The van der Waals surface area contributed by atoms with Crippen molar-refractivity contribution in [3.8, 4) is 0 Å². The van der Waals surface area contributed by atoms with E-state index in [-0.39, 0.29) is 11.6 Å². The van der Waals surface area contributed by atoms with Gasteiger partial charge in [-0.3, -0.25) is 0 Å². The van der Waals surface area contributed by atoms with Crippen LogP contribution in [0.2, 0.25) is 0 Å². The van der Waals surface area contributed by atoms with Gasteiger partial charge >= 0.3 is 6.09 Å². The van der Waals surface area contributed by atoms with Crippen LogP contribution in [0.25, 0.3) is 0 Å². The largest absolute Gasteiger partial charge is 0.444 e. The zero-order chi connectivity index (χ0) is 13.5. The first-order chi connectivity index (χ1) is 7.72. The van der Waals surface area contributed by atoms with E-state index >= 15 is 0 Å². The van der Waals surface area contributed by atoms with Crippen LogP contribution in [0.15, 0.2) is 0 Å². The number of ether oxygens (including phenoxy) is 2. The van der Waals surface area contributed by atoms with E-state index in [1.54, 1.807) is 7.11 Å². The standard InChI is InChI=1S/C13H27NO3/c1-7-8-9-13(5,10-16-6)14-11(15)17-12(2,3)4/h7-10H2,1-6H3,(H,14,15)/t13-/m1/s1. The Morgan fingerprint density at radius 3 is 2.24 bits per heavy atom. The second-order valence-corrected chi connectivity index (χ2v) is 5.72. The van der Waals surface area contributed by atoms with Crippen LogP contribution in [0.5, 0.6) is 0 Å². The fourth-order valence-corrected chi connectivity index (χ4v) is 1.61. The number of unbranched alkanes of at least 4 members (excludes halogenated alkanes) is 1. The first-order valence-corrected chi connectivity index (χ1v) is 6.22.